The van der Waals surface area contributed by atoms with Gasteiger partial charge in [0.05, 0.1) is 28.0 Å². The summed E-state index contributed by atoms with van der Waals surface area (Å²) in [6, 6.07) is 34.5. The highest BCUT2D eigenvalue weighted by Gasteiger charge is 2.63. The van der Waals surface area contributed by atoms with Crippen LogP contribution >= 0.6 is 27.5 Å². The molecule has 9 rings (SSSR count). The number of amides is 3. The number of benzene rings is 5. The van der Waals surface area contributed by atoms with Gasteiger partial charge in [0.1, 0.15) is 12.3 Å². The van der Waals surface area contributed by atoms with Gasteiger partial charge in [-0.15, -0.1) is 0 Å². The maximum absolute atomic E-state index is 14.5. The summed E-state index contributed by atoms with van der Waals surface area (Å²) in [4.78, 5) is 69.8. The fraction of sp³-hybridized carbons (Fsp3) is 0.125. The Balaban J connectivity index is 1.12. The Bertz CT molecular complexity index is 2120. The van der Waals surface area contributed by atoms with Crippen molar-refractivity contribution in [2.45, 2.75) is 11.8 Å². The van der Waals surface area contributed by atoms with Crippen LogP contribution in [-0.4, -0.2) is 46.0 Å². The number of imide groups is 1. The number of hydrazine groups is 1. The molecule has 1 fully saturated rings. The SMILES string of the molecule is O=C(CN(C(=O)c1ccccc1Cl)N1C(=O)[C@@H]2C3c4ccccc4C(c4ccccc43)[C@H]2C1=O)c1ccc(OC(=O)c2ccc(Br)cc2)cc1. The van der Waals surface area contributed by atoms with E-state index in [2.05, 4.69) is 15.9 Å². The number of esters is 1. The smallest absolute Gasteiger partial charge is 0.343 e. The van der Waals surface area contributed by atoms with Gasteiger partial charge in [-0.25, -0.2) is 9.80 Å². The maximum atomic E-state index is 14.5. The molecule has 8 nitrogen and oxygen atoms in total. The number of halogens is 2. The molecule has 0 N–H and O–H groups in total. The molecule has 0 spiro atoms. The van der Waals surface area contributed by atoms with E-state index in [1.807, 2.05) is 48.5 Å². The van der Waals surface area contributed by atoms with Crippen molar-refractivity contribution in [2.24, 2.45) is 11.8 Å². The van der Waals surface area contributed by atoms with Gasteiger partial charge in [0.15, 0.2) is 5.78 Å². The van der Waals surface area contributed by atoms with Crippen molar-refractivity contribution < 1.29 is 28.7 Å². The Hall–Kier alpha value is -5.38. The molecule has 3 aliphatic carbocycles. The summed E-state index contributed by atoms with van der Waals surface area (Å²) in [5.41, 5.74) is 4.52. The number of ketones is 1. The first kappa shape index (κ1) is 31.9. The zero-order valence-electron chi connectivity index (χ0n) is 26.2. The van der Waals surface area contributed by atoms with Crippen LogP contribution in [0.3, 0.4) is 0 Å². The zero-order chi connectivity index (χ0) is 34.7. The van der Waals surface area contributed by atoms with Crippen molar-refractivity contribution in [3.8, 4) is 5.75 Å². The predicted molar refractivity (Wildman–Crippen MR) is 188 cm³/mol. The summed E-state index contributed by atoms with van der Waals surface area (Å²) in [6.07, 6.45) is 0. The number of Topliss-reactive ketones (excluding diaryl/α,β-unsaturated/α-hetero) is 1. The second-order valence-electron chi connectivity index (χ2n) is 12.4. The first-order valence-corrected chi connectivity index (χ1v) is 17.1. The minimum Gasteiger partial charge on any atom is -0.423 e. The predicted octanol–water partition coefficient (Wildman–Crippen LogP) is 7.45. The summed E-state index contributed by atoms with van der Waals surface area (Å²) in [6.45, 7) is -0.617. The van der Waals surface area contributed by atoms with Gasteiger partial charge in [-0.05, 0) is 82.9 Å². The molecule has 0 unspecified atom stereocenters. The average Bonchev–Trinajstić information content (AvgIpc) is 3.40. The molecular weight excluding hydrogens is 720 g/mol. The average molecular weight is 746 g/mol. The van der Waals surface area contributed by atoms with Crippen molar-refractivity contribution in [1.29, 1.82) is 0 Å². The summed E-state index contributed by atoms with van der Waals surface area (Å²) >= 11 is 9.78. The molecule has 10 heteroatoms. The number of rotatable bonds is 7. The van der Waals surface area contributed by atoms with Gasteiger partial charge in [-0.2, -0.15) is 5.01 Å². The highest BCUT2D eigenvalue weighted by atomic mass is 79.9. The van der Waals surface area contributed by atoms with Crippen molar-refractivity contribution >= 4 is 57.0 Å². The Morgan fingerprint density at radius 3 is 1.66 bits per heavy atom. The monoisotopic (exact) mass is 744 g/mol. The second kappa shape index (κ2) is 12.5. The van der Waals surface area contributed by atoms with E-state index in [4.69, 9.17) is 16.3 Å². The van der Waals surface area contributed by atoms with Gasteiger partial charge in [0.25, 0.3) is 17.7 Å². The molecular formula is C40H26BrClN2O6. The van der Waals surface area contributed by atoms with E-state index in [-0.39, 0.29) is 33.7 Å². The topological polar surface area (TPSA) is 101 Å². The maximum Gasteiger partial charge on any atom is 0.343 e. The Morgan fingerprint density at radius 2 is 1.14 bits per heavy atom. The van der Waals surface area contributed by atoms with Gasteiger partial charge in [0.2, 0.25) is 0 Å². The van der Waals surface area contributed by atoms with Gasteiger partial charge >= 0.3 is 5.97 Å². The van der Waals surface area contributed by atoms with E-state index in [1.165, 1.54) is 36.4 Å². The standard InChI is InChI=1S/C40H26BrClN2O6/c41-24-17-13-23(14-18-24)40(49)50-25-19-15-22(16-20-25)32(45)21-43(37(46)30-11-5-6-12-31(30)42)44-38(47)35-33-26-7-1-2-8-27(26)34(36(35)39(44)48)29-10-4-3-9-28(29)33/h1-20,33-36H,21H2/t33?,34?,35-,36-/m1/s1. The normalized spacial score (nSPS) is 19.8. The van der Waals surface area contributed by atoms with E-state index in [0.717, 1.165) is 36.7 Å². The molecule has 246 valence electrons. The van der Waals surface area contributed by atoms with Gasteiger partial charge in [-0.1, -0.05) is 88.2 Å². The zero-order valence-corrected chi connectivity index (χ0v) is 28.5. The highest BCUT2D eigenvalue weighted by molar-refractivity contribution is 9.10. The van der Waals surface area contributed by atoms with Crippen LogP contribution < -0.4 is 4.74 Å². The number of ether oxygens (including phenoxy) is 1. The number of carbonyl (C=O) groups excluding carboxylic acids is 5. The van der Waals surface area contributed by atoms with Crippen molar-refractivity contribution in [3.63, 3.8) is 0 Å². The van der Waals surface area contributed by atoms with Crippen LogP contribution in [-0.2, 0) is 9.59 Å². The van der Waals surface area contributed by atoms with Gasteiger partial charge in [0, 0.05) is 21.9 Å². The van der Waals surface area contributed by atoms with E-state index in [9.17, 15) is 24.0 Å². The summed E-state index contributed by atoms with van der Waals surface area (Å²) in [5.74, 6) is -5.03. The molecule has 50 heavy (non-hydrogen) atoms. The fourth-order valence-electron chi connectivity index (χ4n) is 7.59. The third kappa shape index (κ3) is 5.16. The van der Waals surface area contributed by atoms with E-state index in [1.54, 1.807) is 36.4 Å². The number of carbonyl (C=O) groups is 5. The molecule has 1 heterocycles. The fourth-order valence-corrected chi connectivity index (χ4v) is 8.08. The van der Waals surface area contributed by atoms with E-state index in [0.29, 0.717) is 5.56 Å². The molecule has 0 aromatic heterocycles. The van der Waals surface area contributed by atoms with Crippen LogP contribution in [0.2, 0.25) is 5.02 Å². The first-order valence-electron chi connectivity index (χ1n) is 16.0. The first-order chi connectivity index (χ1) is 24.2. The van der Waals surface area contributed by atoms with Gasteiger partial charge in [-0.3, -0.25) is 19.2 Å². The second-order valence-corrected chi connectivity index (χ2v) is 13.8. The molecule has 5 aromatic carbocycles. The van der Waals surface area contributed by atoms with Crippen LogP contribution in [0.5, 0.6) is 5.75 Å². The lowest BCUT2D eigenvalue weighted by Gasteiger charge is -2.45. The number of hydrogen-bond acceptors (Lipinski definition) is 6. The molecule has 5 aromatic rings. The third-order valence-corrected chi connectivity index (χ3v) is 10.6. The summed E-state index contributed by atoms with van der Waals surface area (Å²) in [7, 11) is 0. The van der Waals surface area contributed by atoms with Crippen LogP contribution in [0.1, 0.15) is 65.2 Å². The number of nitrogens with zero attached hydrogens (tertiary/aromatic N) is 2. The Kier molecular flexibility index (Phi) is 7.96. The summed E-state index contributed by atoms with van der Waals surface area (Å²) < 4.78 is 6.28. The lowest BCUT2D eigenvalue weighted by atomic mass is 9.55. The Morgan fingerprint density at radius 1 is 0.660 bits per heavy atom. The van der Waals surface area contributed by atoms with Crippen LogP contribution in [0, 0.1) is 11.8 Å². The van der Waals surface area contributed by atoms with Crippen molar-refractivity contribution in [3.05, 3.63) is 170 Å². The lowest BCUT2D eigenvalue weighted by molar-refractivity contribution is -0.154. The molecule has 4 aliphatic rings. The summed E-state index contributed by atoms with van der Waals surface area (Å²) in [5, 5.41) is 1.93. The molecule has 0 radical (unpaired) electrons. The van der Waals surface area contributed by atoms with Crippen LogP contribution in [0.15, 0.2) is 126 Å². The van der Waals surface area contributed by atoms with E-state index < -0.39 is 47.9 Å². The quantitative estimate of drug-likeness (QED) is 0.0743. The van der Waals surface area contributed by atoms with Crippen LogP contribution in [0.4, 0.5) is 0 Å². The minimum absolute atomic E-state index is 0.0437. The molecule has 2 atom stereocenters. The molecule has 1 saturated heterocycles. The Labute approximate surface area is 300 Å². The minimum atomic E-state index is -0.758. The number of hydrogen-bond donors (Lipinski definition) is 0. The third-order valence-electron chi connectivity index (χ3n) is 9.77. The molecule has 1 aliphatic heterocycles. The highest BCUT2D eigenvalue weighted by Crippen LogP contribution is 2.61. The molecule has 0 saturated carbocycles. The van der Waals surface area contributed by atoms with Crippen molar-refractivity contribution in [1.82, 2.24) is 10.0 Å². The van der Waals surface area contributed by atoms with Gasteiger partial charge < -0.3 is 4.74 Å². The van der Waals surface area contributed by atoms with E-state index >= 15 is 0 Å². The largest absolute Gasteiger partial charge is 0.423 e. The molecule has 2 bridgehead atoms. The van der Waals surface area contributed by atoms with Crippen molar-refractivity contribution in [2.75, 3.05) is 6.54 Å². The van der Waals surface area contributed by atoms with Crippen LogP contribution in [0.25, 0.3) is 0 Å². The lowest BCUT2D eigenvalue weighted by Crippen LogP contribution is -2.52. The molecule has 3 amide bonds.